The fourth-order valence-corrected chi connectivity index (χ4v) is 1.10. The third-order valence-electron chi connectivity index (χ3n) is 1.89. The molecule has 1 aromatic heterocycles. The minimum atomic E-state index is -1.18. The van der Waals surface area contributed by atoms with E-state index in [1.54, 1.807) is 24.3 Å². The normalized spacial score (nSPS) is 14.0. The summed E-state index contributed by atoms with van der Waals surface area (Å²) in [6.45, 7) is 0. The van der Waals surface area contributed by atoms with Crippen LogP contribution in [-0.4, -0.2) is 21.3 Å². The lowest BCUT2D eigenvalue weighted by Gasteiger charge is -2.14. The molecule has 0 bridgehead atoms. The first-order valence-electron chi connectivity index (χ1n) is 4.35. The van der Waals surface area contributed by atoms with E-state index in [1.807, 2.05) is 0 Å². The van der Waals surface area contributed by atoms with Crippen molar-refractivity contribution in [3.63, 3.8) is 0 Å². The lowest BCUT2D eigenvalue weighted by Crippen LogP contribution is -2.19. The van der Waals surface area contributed by atoms with Crippen molar-refractivity contribution in [2.75, 3.05) is 5.43 Å². The van der Waals surface area contributed by atoms with Gasteiger partial charge in [0.25, 0.3) is 0 Å². The number of aliphatic hydroxyl groups excluding tert-OH is 2. The number of nitrogens with zero attached hydrogens (tertiary/aromatic N) is 2. The number of pyridine rings is 1. The lowest BCUT2D eigenvalue weighted by atomic mass is 10.1. The highest BCUT2D eigenvalue weighted by Gasteiger charge is 2.19. The maximum atomic E-state index is 9.61. The van der Waals surface area contributed by atoms with E-state index in [4.69, 9.17) is 11.1 Å². The molecule has 1 rings (SSSR count). The van der Waals surface area contributed by atoms with Gasteiger partial charge < -0.3 is 15.6 Å². The second-order valence-corrected chi connectivity index (χ2v) is 2.97. The van der Waals surface area contributed by atoms with Gasteiger partial charge in [0, 0.05) is 0 Å². The summed E-state index contributed by atoms with van der Waals surface area (Å²) in [4.78, 5) is 3.94. The van der Waals surface area contributed by atoms with E-state index in [0.717, 1.165) is 0 Å². The number of nitrogens with one attached hydrogen (secondary N) is 1. The van der Waals surface area contributed by atoms with Crippen molar-refractivity contribution in [3.8, 4) is 6.07 Å². The maximum absolute atomic E-state index is 9.61. The topological polar surface area (TPSA) is 115 Å². The number of hydrazine groups is 1. The summed E-state index contributed by atoms with van der Waals surface area (Å²) in [5, 5.41) is 27.3. The van der Waals surface area contributed by atoms with E-state index in [-0.39, 0.29) is 12.1 Å². The van der Waals surface area contributed by atoms with Crippen molar-refractivity contribution in [1.82, 2.24) is 4.98 Å². The second kappa shape index (κ2) is 5.26. The van der Waals surface area contributed by atoms with Crippen LogP contribution in [0.5, 0.6) is 0 Å². The zero-order chi connectivity index (χ0) is 11.3. The van der Waals surface area contributed by atoms with Crippen LogP contribution in [0, 0.1) is 11.3 Å². The first kappa shape index (κ1) is 11.4. The molecule has 2 unspecified atom stereocenters. The summed E-state index contributed by atoms with van der Waals surface area (Å²) in [7, 11) is 0. The number of anilines is 1. The summed E-state index contributed by atoms with van der Waals surface area (Å²) in [5.74, 6) is 5.53. The van der Waals surface area contributed by atoms with Crippen LogP contribution in [0.15, 0.2) is 18.2 Å². The van der Waals surface area contributed by atoms with Crippen molar-refractivity contribution < 1.29 is 10.2 Å². The van der Waals surface area contributed by atoms with Gasteiger partial charge in [0.2, 0.25) is 0 Å². The SMILES string of the molecule is N#CCC(O)C(O)c1cccc(NN)n1. The van der Waals surface area contributed by atoms with Gasteiger partial charge in [-0.25, -0.2) is 10.8 Å². The quantitative estimate of drug-likeness (QED) is 0.398. The number of nitriles is 1. The highest BCUT2D eigenvalue weighted by molar-refractivity contribution is 5.34. The summed E-state index contributed by atoms with van der Waals surface area (Å²) >= 11 is 0. The Kier molecular flexibility index (Phi) is 4.00. The molecule has 0 aliphatic heterocycles. The standard InChI is InChI=1S/C9H12N4O2/c10-5-4-7(14)9(15)6-2-1-3-8(12-6)13-11/h1-3,7,9,14-15H,4,11H2,(H,12,13). The highest BCUT2D eigenvalue weighted by Crippen LogP contribution is 2.17. The molecule has 2 atom stereocenters. The zero-order valence-corrected chi connectivity index (χ0v) is 7.96. The number of nitrogens with two attached hydrogens (primary N) is 1. The molecule has 5 N–H and O–H groups in total. The molecule has 0 fully saturated rings. The van der Waals surface area contributed by atoms with Gasteiger partial charge in [-0.2, -0.15) is 5.26 Å². The molecular formula is C9H12N4O2. The van der Waals surface area contributed by atoms with Crippen LogP contribution in [0.25, 0.3) is 0 Å². The molecule has 1 heterocycles. The number of rotatable bonds is 4. The van der Waals surface area contributed by atoms with E-state index < -0.39 is 12.2 Å². The minimum Gasteiger partial charge on any atom is -0.389 e. The first-order valence-corrected chi connectivity index (χ1v) is 4.35. The van der Waals surface area contributed by atoms with Crippen LogP contribution < -0.4 is 11.3 Å². The molecular weight excluding hydrogens is 196 g/mol. The van der Waals surface area contributed by atoms with Crippen LogP contribution in [0.1, 0.15) is 18.2 Å². The molecule has 0 amide bonds. The molecule has 6 heteroatoms. The molecule has 0 aliphatic carbocycles. The number of aliphatic hydroxyl groups is 2. The van der Waals surface area contributed by atoms with Crippen molar-refractivity contribution in [1.29, 1.82) is 5.26 Å². The Morgan fingerprint density at radius 2 is 2.27 bits per heavy atom. The summed E-state index contributed by atoms with van der Waals surface area (Å²) < 4.78 is 0. The predicted molar refractivity (Wildman–Crippen MR) is 53.2 cm³/mol. The average Bonchev–Trinajstić information content (AvgIpc) is 2.28. The molecule has 80 valence electrons. The highest BCUT2D eigenvalue weighted by atomic mass is 16.3. The largest absolute Gasteiger partial charge is 0.389 e. The third-order valence-corrected chi connectivity index (χ3v) is 1.89. The fraction of sp³-hybridized carbons (Fsp3) is 0.333. The van der Waals surface area contributed by atoms with Crippen LogP contribution in [0.3, 0.4) is 0 Å². The van der Waals surface area contributed by atoms with Gasteiger partial charge in [0.05, 0.1) is 24.3 Å². The van der Waals surface area contributed by atoms with Crippen molar-refractivity contribution in [2.45, 2.75) is 18.6 Å². The first-order chi connectivity index (χ1) is 7.19. The molecule has 1 aromatic rings. The average molecular weight is 208 g/mol. The summed E-state index contributed by atoms with van der Waals surface area (Å²) in [6.07, 6.45) is -2.48. The Balaban J connectivity index is 2.81. The van der Waals surface area contributed by atoms with Crippen LogP contribution >= 0.6 is 0 Å². The number of nitrogen functional groups attached to an aromatic ring is 1. The molecule has 0 spiro atoms. The van der Waals surface area contributed by atoms with Gasteiger partial charge in [0.1, 0.15) is 11.9 Å². The Bertz CT molecular complexity index is 363. The molecule has 0 aliphatic rings. The van der Waals surface area contributed by atoms with Crippen LogP contribution in [-0.2, 0) is 0 Å². The van der Waals surface area contributed by atoms with Gasteiger partial charge in [-0.15, -0.1) is 0 Å². The maximum Gasteiger partial charge on any atom is 0.140 e. The fourth-order valence-electron chi connectivity index (χ4n) is 1.10. The van der Waals surface area contributed by atoms with Gasteiger partial charge in [0.15, 0.2) is 0 Å². The molecule has 0 saturated heterocycles. The van der Waals surface area contributed by atoms with Gasteiger partial charge in [-0.1, -0.05) is 6.07 Å². The van der Waals surface area contributed by atoms with Crippen molar-refractivity contribution in [3.05, 3.63) is 23.9 Å². The monoisotopic (exact) mass is 208 g/mol. The Morgan fingerprint density at radius 3 is 2.87 bits per heavy atom. The van der Waals surface area contributed by atoms with Crippen LogP contribution in [0.4, 0.5) is 5.82 Å². The predicted octanol–water partition coefficient (Wildman–Crippen LogP) is -0.325. The van der Waals surface area contributed by atoms with E-state index in [9.17, 15) is 10.2 Å². The van der Waals surface area contributed by atoms with Gasteiger partial charge in [-0.05, 0) is 12.1 Å². The number of hydrogen-bond acceptors (Lipinski definition) is 6. The number of aromatic nitrogens is 1. The Hall–Kier alpha value is -1.68. The zero-order valence-electron chi connectivity index (χ0n) is 7.96. The molecule has 0 aromatic carbocycles. The molecule has 0 saturated carbocycles. The van der Waals surface area contributed by atoms with E-state index in [0.29, 0.717) is 5.82 Å². The smallest absolute Gasteiger partial charge is 0.140 e. The van der Waals surface area contributed by atoms with E-state index in [1.165, 1.54) is 0 Å². The van der Waals surface area contributed by atoms with E-state index >= 15 is 0 Å². The second-order valence-electron chi connectivity index (χ2n) is 2.97. The molecule has 0 radical (unpaired) electrons. The minimum absolute atomic E-state index is 0.150. The van der Waals surface area contributed by atoms with Crippen LogP contribution in [0.2, 0.25) is 0 Å². The number of hydrogen-bond donors (Lipinski definition) is 4. The summed E-state index contributed by atoms with van der Waals surface area (Å²) in [6, 6.07) is 6.57. The Labute approximate surface area is 87.0 Å². The summed E-state index contributed by atoms with van der Waals surface area (Å²) in [5.41, 5.74) is 2.60. The van der Waals surface area contributed by atoms with Gasteiger partial charge >= 0.3 is 0 Å². The molecule has 6 nitrogen and oxygen atoms in total. The lowest BCUT2D eigenvalue weighted by molar-refractivity contribution is 0.0191. The van der Waals surface area contributed by atoms with Crippen molar-refractivity contribution >= 4 is 5.82 Å². The van der Waals surface area contributed by atoms with E-state index in [2.05, 4.69) is 10.4 Å². The Morgan fingerprint density at radius 1 is 1.53 bits per heavy atom. The van der Waals surface area contributed by atoms with Gasteiger partial charge in [-0.3, -0.25) is 0 Å². The molecule has 15 heavy (non-hydrogen) atoms. The van der Waals surface area contributed by atoms with Crippen molar-refractivity contribution in [2.24, 2.45) is 5.84 Å². The third kappa shape index (κ3) is 2.89.